The average Bonchev–Trinajstić information content (AvgIpc) is 2.66. The summed E-state index contributed by atoms with van der Waals surface area (Å²) in [6.07, 6.45) is 1.13. The molecule has 7 heteroatoms. The lowest BCUT2D eigenvalue weighted by Gasteiger charge is -2.16. The molecular weight excluding hydrogens is 352 g/mol. The van der Waals surface area contributed by atoms with E-state index in [1.807, 2.05) is 37.3 Å². The molecular formula is C20H19F2N3O2. The van der Waals surface area contributed by atoms with Gasteiger partial charge in [-0.15, -0.1) is 0 Å². The van der Waals surface area contributed by atoms with Crippen LogP contribution in [0.25, 0.3) is 0 Å². The van der Waals surface area contributed by atoms with Crippen LogP contribution in [0.4, 0.5) is 14.5 Å². The summed E-state index contributed by atoms with van der Waals surface area (Å²) in [5, 5.41) is 0. The molecule has 27 heavy (non-hydrogen) atoms. The third kappa shape index (κ3) is 3.81. The zero-order valence-electron chi connectivity index (χ0n) is 14.7. The fraction of sp³-hybridized carbons (Fsp3) is 0.200. The van der Waals surface area contributed by atoms with Gasteiger partial charge in [0.25, 0.3) is 5.56 Å². The molecule has 1 aromatic heterocycles. The van der Waals surface area contributed by atoms with Crippen LogP contribution in [0.3, 0.4) is 0 Å². The normalized spacial score (nSPS) is 12.1. The van der Waals surface area contributed by atoms with Crippen LogP contribution >= 0.6 is 0 Å². The van der Waals surface area contributed by atoms with Gasteiger partial charge in [-0.25, -0.2) is 13.6 Å². The van der Waals surface area contributed by atoms with Crippen LogP contribution in [0.1, 0.15) is 24.0 Å². The smallest absolute Gasteiger partial charge is 0.331 e. The number of hydrogen-bond acceptors (Lipinski definition) is 3. The van der Waals surface area contributed by atoms with Crippen LogP contribution in [0, 0.1) is 11.6 Å². The van der Waals surface area contributed by atoms with E-state index >= 15 is 0 Å². The predicted molar refractivity (Wildman–Crippen MR) is 99.7 cm³/mol. The van der Waals surface area contributed by atoms with Crippen LogP contribution < -0.4 is 17.0 Å². The van der Waals surface area contributed by atoms with Gasteiger partial charge in [0.05, 0.1) is 6.54 Å². The van der Waals surface area contributed by atoms with Crippen molar-refractivity contribution in [2.24, 2.45) is 0 Å². The quantitative estimate of drug-likeness (QED) is 0.750. The van der Waals surface area contributed by atoms with Crippen LogP contribution in [0.15, 0.2) is 64.3 Å². The standard InChI is InChI=1S/C20H19F2N3O2/c1-13(14-6-3-2-4-7-14)10-25-19(26)18(23)12-24(20(25)27)11-15-16(21)8-5-9-17(15)22/h2-9,12-13H,10-11,23H2,1H3/t13-/m0/s1. The number of nitrogens with zero attached hydrogens (tertiary/aromatic N) is 2. The van der Waals surface area contributed by atoms with Gasteiger partial charge in [0.1, 0.15) is 17.3 Å². The van der Waals surface area contributed by atoms with E-state index in [9.17, 15) is 18.4 Å². The van der Waals surface area contributed by atoms with Crippen molar-refractivity contribution in [3.05, 3.63) is 98.3 Å². The van der Waals surface area contributed by atoms with Crippen molar-refractivity contribution in [1.82, 2.24) is 9.13 Å². The molecule has 0 aliphatic carbocycles. The van der Waals surface area contributed by atoms with Gasteiger partial charge >= 0.3 is 5.69 Å². The summed E-state index contributed by atoms with van der Waals surface area (Å²) in [5.41, 5.74) is 5.00. The number of aromatic nitrogens is 2. The lowest BCUT2D eigenvalue weighted by molar-refractivity contribution is 0.506. The zero-order chi connectivity index (χ0) is 19.6. The minimum Gasteiger partial charge on any atom is -0.393 e. The topological polar surface area (TPSA) is 70.0 Å². The van der Waals surface area contributed by atoms with E-state index in [1.54, 1.807) is 0 Å². The van der Waals surface area contributed by atoms with Crippen molar-refractivity contribution in [3.8, 4) is 0 Å². The summed E-state index contributed by atoms with van der Waals surface area (Å²) in [6.45, 7) is 1.62. The molecule has 2 N–H and O–H groups in total. The molecule has 2 aromatic carbocycles. The summed E-state index contributed by atoms with van der Waals surface area (Å²) < 4.78 is 29.9. The number of nitrogen functional groups attached to an aromatic ring is 1. The molecule has 0 aliphatic heterocycles. The molecule has 0 radical (unpaired) electrons. The Balaban J connectivity index is 2.01. The molecule has 140 valence electrons. The number of hydrogen-bond donors (Lipinski definition) is 1. The zero-order valence-corrected chi connectivity index (χ0v) is 14.7. The Morgan fingerprint density at radius 3 is 2.26 bits per heavy atom. The second-order valence-corrected chi connectivity index (χ2v) is 6.42. The lowest BCUT2D eigenvalue weighted by Crippen LogP contribution is -2.41. The molecule has 0 saturated heterocycles. The Kier molecular flexibility index (Phi) is 5.21. The first-order valence-electron chi connectivity index (χ1n) is 8.46. The molecule has 0 spiro atoms. The van der Waals surface area contributed by atoms with E-state index in [1.165, 1.54) is 6.07 Å². The third-order valence-corrected chi connectivity index (χ3v) is 4.48. The molecule has 0 amide bonds. The maximum absolute atomic E-state index is 13.9. The second kappa shape index (κ2) is 7.57. The van der Waals surface area contributed by atoms with Gasteiger partial charge in [0, 0.05) is 18.3 Å². The Hall–Kier alpha value is -3.22. The van der Waals surface area contributed by atoms with Gasteiger partial charge in [0.15, 0.2) is 0 Å². The van der Waals surface area contributed by atoms with E-state index in [0.717, 1.165) is 33.0 Å². The number of benzene rings is 2. The summed E-state index contributed by atoms with van der Waals surface area (Å²) in [7, 11) is 0. The van der Waals surface area contributed by atoms with Crippen molar-refractivity contribution >= 4 is 5.69 Å². The largest absolute Gasteiger partial charge is 0.393 e. The lowest BCUT2D eigenvalue weighted by atomic mass is 10.0. The number of halogens is 2. The molecule has 0 fully saturated rings. The van der Waals surface area contributed by atoms with Crippen LogP contribution in [0.2, 0.25) is 0 Å². The van der Waals surface area contributed by atoms with E-state index in [0.29, 0.717) is 0 Å². The molecule has 0 saturated carbocycles. The molecule has 0 aliphatic rings. The SMILES string of the molecule is C[C@@H](Cn1c(=O)c(N)cn(Cc2c(F)cccc2F)c1=O)c1ccccc1. The Morgan fingerprint density at radius 1 is 1.00 bits per heavy atom. The molecule has 0 bridgehead atoms. The van der Waals surface area contributed by atoms with Gasteiger partial charge in [-0.2, -0.15) is 0 Å². The molecule has 3 aromatic rings. The van der Waals surface area contributed by atoms with Crippen LogP contribution in [-0.2, 0) is 13.1 Å². The van der Waals surface area contributed by atoms with Crippen molar-refractivity contribution in [2.45, 2.75) is 25.9 Å². The molecule has 0 unspecified atom stereocenters. The summed E-state index contributed by atoms with van der Waals surface area (Å²) >= 11 is 0. The van der Waals surface area contributed by atoms with Crippen LogP contribution in [-0.4, -0.2) is 9.13 Å². The minimum absolute atomic E-state index is 0.104. The first-order chi connectivity index (χ1) is 12.9. The Bertz CT molecular complexity index is 1050. The van der Waals surface area contributed by atoms with Crippen molar-refractivity contribution in [1.29, 1.82) is 0 Å². The average molecular weight is 371 g/mol. The molecule has 1 atom stereocenters. The van der Waals surface area contributed by atoms with Gasteiger partial charge in [-0.05, 0) is 23.6 Å². The maximum atomic E-state index is 13.9. The first-order valence-corrected chi connectivity index (χ1v) is 8.46. The maximum Gasteiger partial charge on any atom is 0.331 e. The number of anilines is 1. The molecule has 1 heterocycles. The van der Waals surface area contributed by atoms with Gasteiger partial charge < -0.3 is 5.73 Å². The second-order valence-electron chi connectivity index (χ2n) is 6.42. The summed E-state index contributed by atoms with van der Waals surface area (Å²) in [6, 6.07) is 12.9. The van der Waals surface area contributed by atoms with Gasteiger partial charge in [-0.1, -0.05) is 43.3 Å². The van der Waals surface area contributed by atoms with Crippen molar-refractivity contribution in [2.75, 3.05) is 5.73 Å². The summed E-state index contributed by atoms with van der Waals surface area (Å²) in [5.74, 6) is -1.66. The van der Waals surface area contributed by atoms with Gasteiger partial charge in [0.2, 0.25) is 0 Å². The predicted octanol–water partition coefficient (Wildman–Crippen LogP) is 2.72. The highest BCUT2D eigenvalue weighted by atomic mass is 19.1. The highest BCUT2D eigenvalue weighted by molar-refractivity contribution is 5.32. The van der Waals surface area contributed by atoms with E-state index in [4.69, 9.17) is 5.73 Å². The number of rotatable bonds is 5. The molecule has 3 rings (SSSR count). The van der Waals surface area contributed by atoms with Crippen molar-refractivity contribution < 1.29 is 8.78 Å². The van der Waals surface area contributed by atoms with E-state index in [-0.39, 0.29) is 30.3 Å². The first kappa shape index (κ1) is 18.6. The fourth-order valence-corrected chi connectivity index (χ4v) is 2.96. The fourth-order valence-electron chi connectivity index (χ4n) is 2.96. The highest BCUT2D eigenvalue weighted by Crippen LogP contribution is 2.16. The van der Waals surface area contributed by atoms with Crippen molar-refractivity contribution in [3.63, 3.8) is 0 Å². The van der Waals surface area contributed by atoms with E-state index in [2.05, 4.69) is 0 Å². The summed E-state index contributed by atoms with van der Waals surface area (Å²) in [4.78, 5) is 25.1. The third-order valence-electron chi connectivity index (χ3n) is 4.48. The highest BCUT2D eigenvalue weighted by Gasteiger charge is 2.16. The minimum atomic E-state index is -0.768. The molecule has 5 nitrogen and oxygen atoms in total. The number of nitrogens with two attached hydrogens (primary N) is 1. The van der Waals surface area contributed by atoms with Gasteiger partial charge in [-0.3, -0.25) is 13.9 Å². The monoisotopic (exact) mass is 371 g/mol. The van der Waals surface area contributed by atoms with Crippen LogP contribution in [0.5, 0.6) is 0 Å². The Labute approximate surface area is 154 Å². The Morgan fingerprint density at radius 2 is 1.63 bits per heavy atom. The van der Waals surface area contributed by atoms with E-state index < -0.39 is 22.9 Å².